The molecule has 0 aliphatic carbocycles. The summed E-state index contributed by atoms with van der Waals surface area (Å²) in [7, 11) is -0.702. The van der Waals surface area contributed by atoms with E-state index in [9.17, 15) is 18.0 Å². The van der Waals surface area contributed by atoms with E-state index in [-0.39, 0.29) is 16.5 Å². The van der Waals surface area contributed by atoms with Crippen molar-refractivity contribution in [1.82, 2.24) is 9.71 Å². The average molecular weight is 444 g/mol. The average Bonchev–Trinajstić information content (AvgIpc) is 3.16. The highest BCUT2D eigenvalue weighted by molar-refractivity contribution is 7.91. The van der Waals surface area contributed by atoms with Crippen LogP contribution in [0.2, 0.25) is 0 Å². The number of amides is 1. The van der Waals surface area contributed by atoms with Crippen LogP contribution in [0.1, 0.15) is 21.6 Å². The van der Waals surface area contributed by atoms with Gasteiger partial charge in [-0.2, -0.15) is 0 Å². The number of carbonyl (C=O) groups excluding carboxylic acids is 2. The lowest BCUT2D eigenvalue weighted by molar-refractivity contribution is -0.117. The van der Waals surface area contributed by atoms with Crippen LogP contribution in [0, 0.1) is 6.92 Å². The number of sulfonamides is 1. The summed E-state index contributed by atoms with van der Waals surface area (Å²) in [5.74, 6) is -0.201. The van der Waals surface area contributed by atoms with E-state index in [1.807, 2.05) is 42.5 Å². The maximum Gasteiger partial charge on any atom is 0.251 e. The highest BCUT2D eigenvalue weighted by Gasteiger charge is 2.23. The van der Waals surface area contributed by atoms with Crippen LogP contribution in [-0.2, 0) is 21.2 Å². The van der Waals surface area contributed by atoms with Gasteiger partial charge in [-0.1, -0.05) is 53.8 Å². The molecule has 3 aromatic rings. The van der Waals surface area contributed by atoms with Gasteiger partial charge < -0.3 is 0 Å². The van der Waals surface area contributed by atoms with Gasteiger partial charge in [0.1, 0.15) is 6.29 Å². The number of nitrogens with zero attached hydrogens (tertiary/aromatic N) is 2. The first-order valence-electron chi connectivity index (χ1n) is 9.07. The molecular formula is C21H21N3O4S2. The summed E-state index contributed by atoms with van der Waals surface area (Å²) in [5.41, 5.74) is 3.64. The van der Waals surface area contributed by atoms with E-state index >= 15 is 0 Å². The molecule has 1 amide bonds. The zero-order valence-corrected chi connectivity index (χ0v) is 18.4. The van der Waals surface area contributed by atoms with Crippen LogP contribution >= 0.6 is 11.3 Å². The van der Waals surface area contributed by atoms with Crippen molar-refractivity contribution in [3.63, 3.8) is 0 Å². The fourth-order valence-corrected chi connectivity index (χ4v) is 5.17. The monoisotopic (exact) mass is 443 g/mol. The Labute approximate surface area is 179 Å². The molecule has 0 saturated carbocycles. The van der Waals surface area contributed by atoms with Crippen LogP contribution in [-0.4, -0.2) is 39.7 Å². The molecule has 1 aromatic heterocycles. The first-order chi connectivity index (χ1) is 14.2. The Morgan fingerprint density at radius 3 is 2.50 bits per heavy atom. The number of nitrogens with one attached hydrogen (secondary N) is 1. The maximum absolute atomic E-state index is 12.7. The predicted molar refractivity (Wildman–Crippen MR) is 117 cm³/mol. The summed E-state index contributed by atoms with van der Waals surface area (Å²) in [4.78, 5) is 29.2. The van der Waals surface area contributed by atoms with Crippen LogP contribution in [0.5, 0.6) is 0 Å². The van der Waals surface area contributed by atoms with Gasteiger partial charge in [-0.3, -0.25) is 14.5 Å². The van der Waals surface area contributed by atoms with Crippen molar-refractivity contribution < 1.29 is 18.0 Å². The SMILES string of the molecule is CNS(=O)(=O)c1sc(N(C)C(=O)Cc2ccc(-c3cccc(C=O)c3)cc2)nc1C. The second-order valence-corrected chi connectivity index (χ2v) is 9.71. The Hall–Kier alpha value is -2.88. The Kier molecular flexibility index (Phi) is 6.45. The van der Waals surface area contributed by atoms with Crippen molar-refractivity contribution in [2.45, 2.75) is 17.6 Å². The largest absolute Gasteiger partial charge is 0.298 e. The van der Waals surface area contributed by atoms with Gasteiger partial charge >= 0.3 is 0 Å². The third kappa shape index (κ3) is 4.64. The minimum atomic E-state index is -3.62. The van der Waals surface area contributed by atoms with Crippen LogP contribution in [0.3, 0.4) is 0 Å². The Balaban J connectivity index is 1.74. The molecule has 30 heavy (non-hydrogen) atoms. The normalized spacial score (nSPS) is 11.3. The van der Waals surface area contributed by atoms with Crippen LogP contribution in [0.25, 0.3) is 11.1 Å². The molecule has 1 N–H and O–H groups in total. The molecule has 7 nitrogen and oxygen atoms in total. The lowest BCUT2D eigenvalue weighted by Gasteiger charge is -2.14. The Morgan fingerprint density at radius 1 is 1.17 bits per heavy atom. The van der Waals surface area contributed by atoms with E-state index in [4.69, 9.17) is 0 Å². The van der Waals surface area contributed by atoms with Crippen molar-refractivity contribution in [2.24, 2.45) is 0 Å². The summed E-state index contributed by atoms with van der Waals surface area (Å²) in [6.45, 7) is 1.60. The first kappa shape index (κ1) is 21.8. The number of aromatic nitrogens is 1. The van der Waals surface area contributed by atoms with E-state index in [1.54, 1.807) is 20.0 Å². The lowest BCUT2D eigenvalue weighted by Crippen LogP contribution is -2.27. The molecule has 156 valence electrons. The number of anilines is 1. The van der Waals surface area contributed by atoms with E-state index in [0.717, 1.165) is 34.3 Å². The van der Waals surface area contributed by atoms with Crippen molar-refractivity contribution in [3.8, 4) is 11.1 Å². The quantitative estimate of drug-likeness (QED) is 0.566. The van der Waals surface area contributed by atoms with Crippen LogP contribution in [0.4, 0.5) is 5.13 Å². The molecule has 0 spiro atoms. The van der Waals surface area contributed by atoms with Gasteiger partial charge in [0.25, 0.3) is 10.0 Å². The molecule has 0 aliphatic rings. The van der Waals surface area contributed by atoms with Crippen molar-refractivity contribution in [2.75, 3.05) is 19.0 Å². The van der Waals surface area contributed by atoms with Crippen molar-refractivity contribution >= 4 is 38.7 Å². The number of benzene rings is 2. The second kappa shape index (κ2) is 8.86. The lowest BCUT2D eigenvalue weighted by atomic mass is 10.0. The minimum Gasteiger partial charge on any atom is -0.298 e. The molecular weight excluding hydrogens is 422 g/mol. The minimum absolute atomic E-state index is 0.0987. The molecule has 0 unspecified atom stereocenters. The number of hydrogen-bond acceptors (Lipinski definition) is 6. The van der Waals surface area contributed by atoms with Gasteiger partial charge in [-0.25, -0.2) is 18.1 Å². The number of likely N-dealkylation sites (N-methyl/N-ethyl adjacent to an activating group) is 1. The van der Waals surface area contributed by atoms with Gasteiger partial charge in [-0.15, -0.1) is 0 Å². The molecule has 2 aromatic carbocycles. The van der Waals surface area contributed by atoms with Gasteiger partial charge in [-0.05, 0) is 36.7 Å². The van der Waals surface area contributed by atoms with Crippen molar-refractivity contribution in [1.29, 1.82) is 0 Å². The molecule has 0 aliphatic heterocycles. The van der Waals surface area contributed by atoms with Gasteiger partial charge in [0.15, 0.2) is 9.34 Å². The molecule has 9 heteroatoms. The second-order valence-electron chi connectivity index (χ2n) is 6.65. The summed E-state index contributed by atoms with van der Waals surface area (Å²) in [6, 6.07) is 14.8. The zero-order chi connectivity index (χ0) is 21.9. The predicted octanol–water partition coefficient (Wildman–Crippen LogP) is 3.04. The van der Waals surface area contributed by atoms with E-state index in [1.165, 1.54) is 11.9 Å². The number of aryl methyl sites for hydroxylation is 1. The summed E-state index contributed by atoms with van der Waals surface area (Å²) in [5, 5.41) is 0.327. The molecule has 0 saturated heterocycles. The first-order valence-corrected chi connectivity index (χ1v) is 11.4. The number of hydrogen-bond donors (Lipinski definition) is 1. The molecule has 0 atom stereocenters. The summed E-state index contributed by atoms with van der Waals surface area (Å²) in [6.07, 6.45) is 0.956. The fourth-order valence-electron chi connectivity index (χ4n) is 2.86. The standard InChI is InChI=1S/C21H21N3O4S2/c1-14-20(30(27,28)22-2)29-21(23-14)24(3)19(26)12-15-7-9-17(10-8-15)18-6-4-5-16(11-18)13-25/h4-11,13,22H,12H2,1-3H3. The zero-order valence-electron chi connectivity index (χ0n) is 16.7. The third-order valence-electron chi connectivity index (χ3n) is 4.58. The Bertz CT molecular complexity index is 1190. The number of carbonyl (C=O) groups is 2. The molecule has 0 radical (unpaired) electrons. The summed E-state index contributed by atoms with van der Waals surface area (Å²) >= 11 is 0.956. The van der Waals surface area contributed by atoms with E-state index in [0.29, 0.717) is 16.4 Å². The van der Waals surface area contributed by atoms with Crippen LogP contribution in [0.15, 0.2) is 52.7 Å². The fraction of sp³-hybridized carbons (Fsp3) is 0.190. The topological polar surface area (TPSA) is 96.4 Å². The third-order valence-corrected chi connectivity index (χ3v) is 7.84. The summed E-state index contributed by atoms with van der Waals surface area (Å²) < 4.78 is 26.5. The van der Waals surface area contributed by atoms with E-state index in [2.05, 4.69) is 9.71 Å². The van der Waals surface area contributed by atoms with Gasteiger partial charge in [0, 0.05) is 12.6 Å². The number of thiazole rings is 1. The Morgan fingerprint density at radius 2 is 1.87 bits per heavy atom. The smallest absolute Gasteiger partial charge is 0.251 e. The molecule has 0 bridgehead atoms. The highest BCUT2D eigenvalue weighted by atomic mass is 32.2. The van der Waals surface area contributed by atoms with Gasteiger partial charge in [0.05, 0.1) is 12.1 Å². The number of rotatable bonds is 7. The number of aldehydes is 1. The van der Waals surface area contributed by atoms with Crippen LogP contribution < -0.4 is 9.62 Å². The van der Waals surface area contributed by atoms with E-state index < -0.39 is 10.0 Å². The molecule has 3 rings (SSSR count). The van der Waals surface area contributed by atoms with Crippen molar-refractivity contribution in [3.05, 3.63) is 65.4 Å². The maximum atomic E-state index is 12.7. The highest BCUT2D eigenvalue weighted by Crippen LogP contribution is 2.29. The molecule has 0 fully saturated rings. The van der Waals surface area contributed by atoms with Gasteiger partial charge in [0.2, 0.25) is 5.91 Å². The molecule has 1 heterocycles.